The second-order valence-corrected chi connectivity index (χ2v) is 2.70. The Morgan fingerprint density at radius 2 is 2.50 bits per heavy atom. The third-order valence-corrected chi connectivity index (χ3v) is 2.00. The van der Waals surface area contributed by atoms with Gasteiger partial charge in [-0.2, -0.15) is 5.48 Å². The molecule has 10 heavy (non-hydrogen) atoms. The Balaban J connectivity index is 2.15. The second-order valence-electron chi connectivity index (χ2n) is 2.70. The molecule has 1 atom stereocenters. The van der Waals surface area contributed by atoms with Gasteiger partial charge < -0.3 is 9.74 Å². The largest absolute Gasteiger partial charge is 0.305 e. The molecule has 1 rings (SSSR count). The maximum atomic E-state index is 4.84. The van der Waals surface area contributed by atoms with Crippen molar-refractivity contribution in [2.75, 3.05) is 26.7 Å². The van der Waals surface area contributed by atoms with E-state index < -0.39 is 0 Å². The molecule has 1 unspecified atom stereocenters. The van der Waals surface area contributed by atoms with Crippen LogP contribution >= 0.6 is 0 Å². The first kappa shape index (κ1) is 7.98. The SMILES string of the molecule is CCN1CCC(NOC)C1. The first-order valence-corrected chi connectivity index (χ1v) is 3.87. The predicted molar refractivity (Wildman–Crippen MR) is 40.7 cm³/mol. The highest BCUT2D eigenvalue weighted by molar-refractivity contribution is 4.77. The van der Waals surface area contributed by atoms with Gasteiger partial charge in [0, 0.05) is 12.6 Å². The molecular formula is C7H16N2O. The Hall–Kier alpha value is -0.120. The summed E-state index contributed by atoms with van der Waals surface area (Å²) >= 11 is 0. The fourth-order valence-corrected chi connectivity index (χ4v) is 1.38. The molecule has 1 aliphatic heterocycles. The maximum Gasteiger partial charge on any atom is 0.0572 e. The van der Waals surface area contributed by atoms with Gasteiger partial charge in [0.25, 0.3) is 0 Å². The minimum atomic E-state index is 0.546. The minimum absolute atomic E-state index is 0.546. The Kier molecular flexibility index (Phi) is 3.12. The summed E-state index contributed by atoms with van der Waals surface area (Å²) in [5.74, 6) is 0. The lowest BCUT2D eigenvalue weighted by atomic mass is 10.3. The van der Waals surface area contributed by atoms with Gasteiger partial charge in [-0.3, -0.25) is 0 Å². The van der Waals surface area contributed by atoms with Gasteiger partial charge in [0.1, 0.15) is 0 Å². The molecule has 0 amide bonds. The molecule has 1 fully saturated rings. The molecule has 0 aliphatic carbocycles. The Morgan fingerprint density at radius 3 is 3.00 bits per heavy atom. The fraction of sp³-hybridized carbons (Fsp3) is 1.00. The first-order valence-electron chi connectivity index (χ1n) is 3.87. The van der Waals surface area contributed by atoms with Crippen molar-refractivity contribution in [1.82, 2.24) is 10.4 Å². The minimum Gasteiger partial charge on any atom is -0.305 e. The summed E-state index contributed by atoms with van der Waals surface area (Å²) in [6, 6.07) is 0.546. The Morgan fingerprint density at radius 1 is 1.70 bits per heavy atom. The molecular weight excluding hydrogens is 128 g/mol. The molecule has 1 N–H and O–H groups in total. The monoisotopic (exact) mass is 144 g/mol. The number of hydrogen-bond donors (Lipinski definition) is 1. The molecule has 0 bridgehead atoms. The van der Waals surface area contributed by atoms with Crippen LogP contribution in [-0.2, 0) is 4.84 Å². The lowest BCUT2D eigenvalue weighted by molar-refractivity contribution is 0.0632. The average Bonchev–Trinajstić information content (AvgIpc) is 2.37. The van der Waals surface area contributed by atoms with Crippen LogP contribution in [0.3, 0.4) is 0 Å². The second kappa shape index (κ2) is 3.91. The van der Waals surface area contributed by atoms with E-state index in [-0.39, 0.29) is 0 Å². The van der Waals surface area contributed by atoms with Gasteiger partial charge in [-0.1, -0.05) is 6.92 Å². The topological polar surface area (TPSA) is 24.5 Å². The molecule has 60 valence electrons. The molecule has 3 heteroatoms. The van der Waals surface area contributed by atoms with Gasteiger partial charge in [0.2, 0.25) is 0 Å². The standard InChI is InChI=1S/C7H16N2O/c1-3-9-5-4-7(6-9)8-10-2/h7-8H,3-6H2,1-2H3. The van der Waals surface area contributed by atoms with Gasteiger partial charge in [-0.15, -0.1) is 0 Å². The van der Waals surface area contributed by atoms with Crippen molar-refractivity contribution in [2.45, 2.75) is 19.4 Å². The van der Waals surface area contributed by atoms with Crippen molar-refractivity contribution < 1.29 is 4.84 Å². The van der Waals surface area contributed by atoms with Crippen molar-refractivity contribution in [3.8, 4) is 0 Å². The van der Waals surface area contributed by atoms with Crippen LogP contribution in [0.1, 0.15) is 13.3 Å². The van der Waals surface area contributed by atoms with E-state index in [1.807, 2.05) is 0 Å². The van der Waals surface area contributed by atoms with E-state index >= 15 is 0 Å². The zero-order chi connectivity index (χ0) is 7.40. The van der Waals surface area contributed by atoms with Crippen LogP contribution in [0.4, 0.5) is 0 Å². The van der Waals surface area contributed by atoms with Crippen molar-refractivity contribution >= 4 is 0 Å². The van der Waals surface area contributed by atoms with E-state index in [0.717, 1.165) is 13.1 Å². The lowest BCUT2D eigenvalue weighted by Crippen LogP contribution is -2.31. The van der Waals surface area contributed by atoms with Crippen LogP contribution in [0.2, 0.25) is 0 Å². The number of rotatable bonds is 3. The molecule has 0 aromatic heterocycles. The first-order chi connectivity index (χ1) is 4.86. The molecule has 0 radical (unpaired) electrons. The number of likely N-dealkylation sites (tertiary alicyclic amines) is 1. The molecule has 1 heterocycles. The van der Waals surface area contributed by atoms with Gasteiger partial charge in [0.15, 0.2) is 0 Å². The molecule has 0 spiro atoms. The smallest absolute Gasteiger partial charge is 0.0572 e. The van der Waals surface area contributed by atoms with Gasteiger partial charge in [0.05, 0.1) is 7.11 Å². The zero-order valence-corrected chi connectivity index (χ0v) is 6.76. The fourth-order valence-electron chi connectivity index (χ4n) is 1.38. The predicted octanol–water partition coefficient (Wildman–Crippen LogP) is 0.232. The van der Waals surface area contributed by atoms with Crippen molar-refractivity contribution in [2.24, 2.45) is 0 Å². The van der Waals surface area contributed by atoms with E-state index in [2.05, 4.69) is 17.3 Å². The quantitative estimate of drug-likeness (QED) is 0.574. The van der Waals surface area contributed by atoms with E-state index in [9.17, 15) is 0 Å². The number of likely N-dealkylation sites (N-methyl/N-ethyl adjacent to an activating group) is 1. The maximum absolute atomic E-state index is 4.84. The highest BCUT2D eigenvalue weighted by Gasteiger charge is 2.19. The molecule has 0 aromatic carbocycles. The van der Waals surface area contributed by atoms with Crippen LogP contribution < -0.4 is 5.48 Å². The molecule has 0 aromatic rings. The molecule has 1 saturated heterocycles. The van der Waals surface area contributed by atoms with E-state index in [1.165, 1.54) is 13.0 Å². The van der Waals surface area contributed by atoms with Gasteiger partial charge in [-0.05, 0) is 19.5 Å². The van der Waals surface area contributed by atoms with Crippen LogP contribution in [0.15, 0.2) is 0 Å². The van der Waals surface area contributed by atoms with Crippen LogP contribution in [-0.4, -0.2) is 37.7 Å². The summed E-state index contributed by atoms with van der Waals surface area (Å²) in [4.78, 5) is 7.26. The number of nitrogens with one attached hydrogen (secondary N) is 1. The van der Waals surface area contributed by atoms with Gasteiger partial charge >= 0.3 is 0 Å². The summed E-state index contributed by atoms with van der Waals surface area (Å²) in [6.07, 6.45) is 1.21. The number of nitrogens with zero attached hydrogens (tertiary/aromatic N) is 1. The van der Waals surface area contributed by atoms with Crippen molar-refractivity contribution in [3.63, 3.8) is 0 Å². The van der Waals surface area contributed by atoms with Crippen LogP contribution in [0, 0.1) is 0 Å². The Bertz CT molecular complexity index is 97.6. The van der Waals surface area contributed by atoms with Crippen molar-refractivity contribution in [1.29, 1.82) is 0 Å². The Labute approximate surface area is 62.3 Å². The normalized spacial score (nSPS) is 27.6. The number of hydrogen-bond acceptors (Lipinski definition) is 3. The summed E-state index contributed by atoms with van der Waals surface area (Å²) in [5, 5.41) is 0. The number of hydroxylamine groups is 1. The summed E-state index contributed by atoms with van der Waals surface area (Å²) in [6.45, 7) is 5.68. The molecule has 3 nitrogen and oxygen atoms in total. The zero-order valence-electron chi connectivity index (χ0n) is 6.76. The molecule has 1 aliphatic rings. The summed E-state index contributed by atoms with van der Waals surface area (Å²) in [5.41, 5.74) is 2.97. The summed E-state index contributed by atoms with van der Waals surface area (Å²) in [7, 11) is 1.68. The van der Waals surface area contributed by atoms with E-state index in [4.69, 9.17) is 4.84 Å². The average molecular weight is 144 g/mol. The highest BCUT2D eigenvalue weighted by Crippen LogP contribution is 2.07. The van der Waals surface area contributed by atoms with Gasteiger partial charge in [-0.25, -0.2) is 0 Å². The van der Waals surface area contributed by atoms with Crippen molar-refractivity contribution in [3.05, 3.63) is 0 Å². The van der Waals surface area contributed by atoms with Crippen LogP contribution in [0.5, 0.6) is 0 Å². The van der Waals surface area contributed by atoms with E-state index in [1.54, 1.807) is 7.11 Å². The van der Waals surface area contributed by atoms with E-state index in [0.29, 0.717) is 6.04 Å². The third kappa shape index (κ3) is 1.94. The third-order valence-electron chi connectivity index (χ3n) is 2.00. The summed E-state index contributed by atoms with van der Waals surface area (Å²) < 4.78 is 0. The molecule has 0 saturated carbocycles. The lowest BCUT2D eigenvalue weighted by Gasteiger charge is -2.12. The van der Waals surface area contributed by atoms with Crippen LogP contribution in [0.25, 0.3) is 0 Å². The highest BCUT2D eigenvalue weighted by atomic mass is 16.6.